The normalized spacial score (nSPS) is 11.3. The van der Waals surface area contributed by atoms with Crippen LogP contribution < -0.4 is 5.32 Å². The van der Waals surface area contributed by atoms with Crippen molar-refractivity contribution in [3.05, 3.63) is 73.6 Å². The molecule has 2 aromatic carbocycles. The molecule has 0 aliphatic rings. The first-order valence-electron chi connectivity index (χ1n) is 7.53. The van der Waals surface area contributed by atoms with Crippen LogP contribution in [0.4, 0.5) is 5.69 Å². The van der Waals surface area contributed by atoms with Crippen molar-refractivity contribution in [1.29, 1.82) is 5.26 Å². The van der Waals surface area contributed by atoms with E-state index in [4.69, 9.17) is 34.8 Å². The number of benzene rings is 2. The molecule has 0 bridgehead atoms. The highest BCUT2D eigenvalue weighted by Crippen LogP contribution is 2.32. The van der Waals surface area contributed by atoms with E-state index in [1.54, 1.807) is 18.3 Å². The molecular weight excluding hydrogens is 409 g/mol. The van der Waals surface area contributed by atoms with Gasteiger partial charge in [0.05, 0.1) is 10.7 Å². The van der Waals surface area contributed by atoms with Crippen molar-refractivity contribution in [2.75, 3.05) is 5.32 Å². The number of nitriles is 1. The van der Waals surface area contributed by atoms with Crippen molar-refractivity contribution in [2.45, 2.75) is 6.92 Å². The van der Waals surface area contributed by atoms with Crippen molar-refractivity contribution in [3.8, 4) is 17.3 Å². The third-order valence-corrected chi connectivity index (χ3v) is 5.53. The number of anilines is 1. The topological polar surface area (TPSA) is 48.7 Å². The van der Waals surface area contributed by atoms with Gasteiger partial charge in [-0.05, 0) is 42.8 Å². The van der Waals surface area contributed by atoms with Crippen LogP contribution in [0.1, 0.15) is 10.6 Å². The van der Waals surface area contributed by atoms with E-state index in [9.17, 15) is 5.26 Å². The fourth-order valence-electron chi connectivity index (χ4n) is 2.27. The maximum atomic E-state index is 9.49. The molecule has 3 nitrogen and oxygen atoms in total. The summed E-state index contributed by atoms with van der Waals surface area (Å²) in [5.74, 6) is 0. The van der Waals surface area contributed by atoms with Gasteiger partial charge in [-0.3, -0.25) is 0 Å². The van der Waals surface area contributed by atoms with Crippen LogP contribution in [0.25, 0.3) is 16.8 Å². The number of aromatic nitrogens is 1. The van der Waals surface area contributed by atoms with Crippen LogP contribution >= 0.6 is 46.1 Å². The molecular formula is C19H12Cl3N3S. The van der Waals surface area contributed by atoms with Crippen LogP contribution in [0.2, 0.25) is 15.1 Å². The van der Waals surface area contributed by atoms with Gasteiger partial charge in [0, 0.05) is 32.9 Å². The standard InChI is InChI=1S/C19H12Cl3N3S/c1-11-15(21)3-2-4-17(11)24-9-12(8-23)19-25-18(10-26-19)14-6-5-13(20)7-16(14)22/h2-7,9-10,24H,1H3/b12-9-. The lowest BCUT2D eigenvalue weighted by atomic mass is 10.2. The molecule has 0 unspecified atom stereocenters. The lowest BCUT2D eigenvalue weighted by molar-refractivity contribution is 1.36. The molecule has 26 heavy (non-hydrogen) atoms. The number of rotatable bonds is 4. The Labute approximate surface area is 170 Å². The molecule has 0 saturated heterocycles. The van der Waals surface area contributed by atoms with Crippen LogP contribution in [0.3, 0.4) is 0 Å². The van der Waals surface area contributed by atoms with E-state index >= 15 is 0 Å². The van der Waals surface area contributed by atoms with Crippen molar-refractivity contribution in [2.24, 2.45) is 0 Å². The van der Waals surface area contributed by atoms with Crippen molar-refractivity contribution < 1.29 is 0 Å². The fraction of sp³-hybridized carbons (Fsp3) is 0.0526. The molecule has 0 atom stereocenters. The summed E-state index contributed by atoms with van der Waals surface area (Å²) in [6, 6.07) is 13.0. The Balaban J connectivity index is 1.89. The molecule has 0 saturated carbocycles. The molecule has 130 valence electrons. The van der Waals surface area contributed by atoms with Crippen LogP contribution in [-0.4, -0.2) is 4.98 Å². The van der Waals surface area contributed by atoms with Gasteiger partial charge < -0.3 is 5.32 Å². The molecule has 1 heterocycles. The molecule has 1 N–H and O–H groups in total. The van der Waals surface area contributed by atoms with Gasteiger partial charge in [0.2, 0.25) is 0 Å². The van der Waals surface area contributed by atoms with Crippen molar-refractivity contribution in [3.63, 3.8) is 0 Å². The molecule has 3 rings (SSSR count). The summed E-state index contributed by atoms with van der Waals surface area (Å²) in [7, 11) is 0. The Bertz CT molecular complexity index is 1030. The van der Waals surface area contributed by atoms with E-state index in [1.165, 1.54) is 11.3 Å². The summed E-state index contributed by atoms with van der Waals surface area (Å²) in [6.07, 6.45) is 1.63. The Morgan fingerprint density at radius 3 is 2.73 bits per heavy atom. The van der Waals surface area contributed by atoms with E-state index in [0.717, 1.165) is 16.8 Å². The predicted molar refractivity (Wildman–Crippen MR) is 111 cm³/mol. The summed E-state index contributed by atoms with van der Waals surface area (Å²) in [5, 5.41) is 16.8. The first kappa shape index (κ1) is 18.8. The number of thiazole rings is 1. The number of nitrogens with zero attached hydrogens (tertiary/aromatic N) is 2. The highest BCUT2D eigenvalue weighted by Gasteiger charge is 2.12. The van der Waals surface area contributed by atoms with Crippen molar-refractivity contribution >= 4 is 57.4 Å². The van der Waals surface area contributed by atoms with Gasteiger partial charge in [0.15, 0.2) is 0 Å². The van der Waals surface area contributed by atoms with Gasteiger partial charge in [0.25, 0.3) is 0 Å². The summed E-state index contributed by atoms with van der Waals surface area (Å²) in [4.78, 5) is 4.53. The lowest BCUT2D eigenvalue weighted by Gasteiger charge is -2.07. The van der Waals surface area contributed by atoms with E-state index in [2.05, 4.69) is 16.4 Å². The van der Waals surface area contributed by atoms with Crippen LogP contribution in [0.15, 0.2) is 48.0 Å². The zero-order valence-corrected chi connectivity index (χ0v) is 16.6. The maximum absolute atomic E-state index is 9.49. The molecule has 0 aliphatic carbocycles. The zero-order chi connectivity index (χ0) is 18.7. The molecule has 3 aromatic rings. The quantitative estimate of drug-likeness (QED) is 0.460. The van der Waals surface area contributed by atoms with Gasteiger partial charge >= 0.3 is 0 Å². The number of halogens is 3. The molecule has 0 spiro atoms. The lowest BCUT2D eigenvalue weighted by Crippen LogP contribution is -1.94. The minimum absolute atomic E-state index is 0.422. The third kappa shape index (κ3) is 4.03. The third-order valence-electron chi connectivity index (χ3n) is 3.70. The summed E-state index contributed by atoms with van der Waals surface area (Å²) < 4.78 is 0. The summed E-state index contributed by atoms with van der Waals surface area (Å²) in [6.45, 7) is 1.91. The largest absolute Gasteiger partial charge is 0.360 e. The Morgan fingerprint density at radius 2 is 2.00 bits per heavy atom. The van der Waals surface area contributed by atoms with Gasteiger partial charge in [0.1, 0.15) is 16.6 Å². The number of nitrogens with one attached hydrogen (secondary N) is 1. The van der Waals surface area contributed by atoms with Gasteiger partial charge in [-0.25, -0.2) is 4.98 Å². The first-order valence-corrected chi connectivity index (χ1v) is 9.54. The predicted octanol–water partition coefficient (Wildman–Crippen LogP) is 7.06. The van der Waals surface area contributed by atoms with E-state index in [1.807, 2.05) is 36.6 Å². The highest BCUT2D eigenvalue weighted by molar-refractivity contribution is 7.11. The Morgan fingerprint density at radius 1 is 1.19 bits per heavy atom. The average molecular weight is 421 g/mol. The highest BCUT2D eigenvalue weighted by atomic mass is 35.5. The molecule has 0 radical (unpaired) electrons. The fourth-order valence-corrected chi connectivity index (χ4v) is 3.74. The van der Waals surface area contributed by atoms with Gasteiger partial charge in [-0.2, -0.15) is 5.26 Å². The molecule has 7 heteroatoms. The molecule has 0 amide bonds. The second-order valence-corrected chi connectivity index (χ2v) is 7.50. The van der Waals surface area contributed by atoms with Gasteiger partial charge in [-0.15, -0.1) is 11.3 Å². The van der Waals surface area contributed by atoms with Crippen LogP contribution in [-0.2, 0) is 0 Å². The Kier molecular flexibility index (Phi) is 5.85. The monoisotopic (exact) mass is 419 g/mol. The second-order valence-electron chi connectivity index (χ2n) is 5.39. The van der Waals surface area contributed by atoms with Crippen LogP contribution in [0.5, 0.6) is 0 Å². The smallest absolute Gasteiger partial charge is 0.136 e. The minimum Gasteiger partial charge on any atom is -0.360 e. The SMILES string of the molecule is Cc1c(Cl)cccc1N/C=C(/C#N)c1nc(-c2ccc(Cl)cc2Cl)cs1. The number of hydrogen-bond acceptors (Lipinski definition) is 4. The molecule has 0 aliphatic heterocycles. The Hall–Kier alpha value is -2.03. The van der Waals surface area contributed by atoms with Crippen molar-refractivity contribution in [1.82, 2.24) is 4.98 Å². The summed E-state index contributed by atoms with van der Waals surface area (Å²) >= 11 is 19.7. The zero-order valence-electron chi connectivity index (χ0n) is 13.6. The number of allylic oxidation sites excluding steroid dienone is 1. The minimum atomic E-state index is 0.422. The average Bonchev–Trinajstić information content (AvgIpc) is 3.08. The van der Waals surface area contributed by atoms with E-state index in [-0.39, 0.29) is 0 Å². The first-order chi connectivity index (χ1) is 12.5. The number of hydrogen-bond donors (Lipinski definition) is 1. The van der Waals surface area contributed by atoms with E-state index < -0.39 is 0 Å². The maximum Gasteiger partial charge on any atom is 0.136 e. The van der Waals surface area contributed by atoms with E-state index in [0.29, 0.717) is 31.3 Å². The van der Waals surface area contributed by atoms with Gasteiger partial charge in [-0.1, -0.05) is 40.9 Å². The molecule has 0 fully saturated rings. The van der Waals surface area contributed by atoms with Crippen LogP contribution in [0, 0.1) is 18.3 Å². The summed E-state index contributed by atoms with van der Waals surface area (Å²) in [5.41, 5.74) is 3.64. The second kappa shape index (κ2) is 8.11. The molecule has 1 aromatic heterocycles.